The Morgan fingerprint density at radius 2 is 1.68 bits per heavy atom. The molecule has 0 aromatic heterocycles. The third-order valence-electron chi connectivity index (χ3n) is 7.60. The Labute approximate surface area is 198 Å². The molecule has 4 unspecified atom stereocenters. The lowest BCUT2D eigenvalue weighted by molar-refractivity contribution is -0.139. The lowest BCUT2D eigenvalue weighted by Crippen LogP contribution is -2.49. The monoisotopic (exact) mass is 462 g/mol. The van der Waals surface area contributed by atoms with E-state index in [0.29, 0.717) is 18.4 Å². The van der Waals surface area contributed by atoms with E-state index >= 15 is 0 Å². The van der Waals surface area contributed by atoms with Crippen LogP contribution in [0, 0.1) is 17.8 Å². The first-order valence-corrected chi connectivity index (χ1v) is 12.1. The molecule has 0 saturated heterocycles. The molecule has 2 fully saturated rings. The summed E-state index contributed by atoms with van der Waals surface area (Å²) < 4.78 is 5.50. The van der Waals surface area contributed by atoms with Gasteiger partial charge in [0.2, 0.25) is 5.91 Å². The van der Waals surface area contributed by atoms with Crippen LogP contribution < -0.4 is 10.6 Å². The minimum atomic E-state index is -1.17. The molecule has 178 valence electrons. The number of ether oxygens (including phenoxy) is 1. The fourth-order valence-corrected chi connectivity index (χ4v) is 5.81. The van der Waals surface area contributed by atoms with Crippen molar-refractivity contribution < 1.29 is 24.2 Å². The van der Waals surface area contributed by atoms with Crippen molar-refractivity contribution in [2.45, 2.75) is 44.1 Å². The lowest BCUT2D eigenvalue weighted by atomic mass is 9.89. The molecule has 2 saturated carbocycles. The Morgan fingerprint density at radius 3 is 2.35 bits per heavy atom. The summed E-state index contributed by atoms with van der Waals surface area (Å²) in [6.45, 7) is 0.634. The molecule has 0 bridgehead atoms. The Morgan fingerprint density at radius 1 is 1.00 bits per heavy atom. The highest BCUT2D eigenvalue weighted by Crippen LogP contribution is 2.52. The average Bonchev–Trinajstić information content (AvgIpc) is 3.57. The zero-order valence-electron chi connectivity index (χ0n) is 19.0. The summed E-state index contributed by atoms with van der Waals surface area (Å²) in [5, 5.41) is 14.6. The van der Waals surface area contributed by atoms with E-state index in [4.69, 9.17) is 4.74 Å². The van der Waals surface area contributed by atoms with Gasteiger partial charge in [0, 0.05) is 12.5 Å². The van der Waals surface area contributed by atoms with Crippen LogP contribution in [0.2, 0.25) is 0 Å². The smallest absolute Gasteiger partial charge is 0.407 e. The molecule has 3 aliphatic carbocycles. The van der Waals surface area contributed by atoms with Crippen molar-refractivity contribution in [1.29, 1.82) is 0 Å². The number of alkyl carbamates (subject to hydrolysis) is 1. The predicted octanol–water partition coefficient (Wildman–Crippen LogP) is 3.92. The van der Waals surface area contributed by atoms with Crippen molar-refractivity contribution in [1.82, 2.24) is 10.6 Å². The Balaban J connectivity index is 1.19. The maximum absolute atomic E-state index is 12.7. The van der Waals surface area contributed by atoms with E-state index in [1.165, 1.54) is 19.3 Å². The lowest BCUT2D eigenvalue weighted by Gasteiger charge is -2.23. The van der Waals surface area contributed by atoms with Crippen molar-refractivity contribution in [2.75, 3.05) is 13.2 Å². The SMILES string of the molecule is O=C(O)CC(NC(=O)OCC1c2ccccc2-c2ccccc21)C(=O)NCC1CCCC2CC12. The highest BCUT2D eigenvalue weighted by Gasteiger charge is 2.45. The maximum Gasteiger partial charge on any atom is 0.407 e. The zero-order chi connectivity index (χ0) is 23.7. The predicted molar refractivity (Wildman–Crippen MR) is 126 cm³/mol. The summed E-state index contributed by atoms with van der Waals surface area (Å²) in [5.41, 5.74) is 4.41. The number of hydrogen-bond acceptors (Lipinski definition) is 4. The van der Waals surface area contributed by atoms with E-state index < -0.39 is 30.4 Å². The van der Waals surface area contributed by atoms with Crippen molar-refractivity contribution in [3.63, 3.8) is 0 Å². The van der Waals surface area contributed by atoms with Gasteiger partial charge in [0.1, 0.15) is 12.6 Å². The number of carboxylic acid groups (broad SMARTS) is 1. The second-order valence-electron chi connectivity index (χ2n) is 9.72. The fraction of sp³-hybridized carbons (Fsp3) is 0.444. The second kappa shape index (κ2) is 9.49. The molecule has 4 atom stereocenters. The highest BCUT2D eigenvalue weighted by atomic mass is 16.5. The van der Waals surface area contributed by atoms with E-state index in [1.54, 1.807) is 0 Å². The topological polar surface area (TPSA) is 105 Å². The number of aliphatic carboxylic acids is 1. The van der Waals surface area contributed by atoms with Gasteiger partial charge in [0.05, 0.1) is 6.42 Å². The molecule has 3 N–H and O–H groups in total. The van der Waals surface area contributed by atoms with Gasteiger partial charge >= 0.3 is 12.1 Å². The fourth-order valence-electron chi connectivity index (χ4n) is 5.81. The van der Waals surface area contributed by atoms with Crippen LogP contribution in [0.3, 0.4) is 0 Å². The minimum absolute atomic E-state index is 0.104. The number of rotatable bonds is 8. The summed E-state index contributed by atoms with van der Waals surface area (Å²) in [4.78, 5) is 36.6. The van der Waals surface area contributed by atoms with Gasteiger partial charge in [0.15, 0.2) is 0 Å². The van der Waals surface area contributed by atoms with Gasteiger partial charge < -0.3 is 20.5 Å². The summed E-state index contributed by atoms with van der Waals surface area (Å²) in [6, 6.07) is 14.9. The largest absolute Gasteiger partial charge is 0.481 e. The molecular weight excluding hydrogens is 432 g/mol. The third kappa shape index (κ3) is 4.65. The van der Waals surface area contributed by atoms with E-state index in [2.05, 4.69) is 22.8 Å². The molecule has 0 radical (unpaired) electrons. The van der Waals surface area contributed by atoms with Crippen LogP contribution in [0.1, 0.15) is 49.1 Å². The molecule has 7 nitrogen and oxygen atoms in total. The standard InChI is InChI=1S/C27H30N2O5/c30-25(31)13-24(26(32)28-14-17-7-5-6-16-12-22(16)17)29-27(33)34-15-23-20-10-3-1-8-18(20)19-9-2-4-11-21(19)23/h1-4,8-11,16-17,22-24H,5-7,12-15H2,(H,28,32)(H,29,33)(H,30,31). The summed E-state index contributed by atoms with van der Waals surface area (Å²) in [6.07, 6.45) is 3.50. The van der Waals surface area contributed by atoms with Gasteiger partial charge in [-0.25, -0.2) is 4.79 Å². The number of fused-ring (bicyclic) bond motifs is 4. The number of amides is 2. The van der Waals surface area contributed by atoms with Gasteiger partial charge in [-0.3, -0.25) is 9.59 Å². The van der Waals surface area contributed by atoms with Crippen LogP contribution in [0.4, 0.5) is 4.79 Å². The van der Waals surface area contributed by atoms with Crippen LogP contribution in [-0.4, -0.2) is 42.3 Å². The molecule has 34 heavy (non-hydrogen) atoms. The number of nitrogens with one attached hydrogen (secondary N) is 2. The molecule has 0 aliphatic heterocycles. The molecule has 0 spiro atoms. The maximum atomic E-state index is 12.7. The average molecular weight is 463 g/mol. The Kier molecular flexibility index (Phi) is 6.26. The summed E-state index contributed by atoms with van der Waals surface area (Å²) in [7, 11) is 0. The van der Waals surface area contributed by atoms with E-state index in [9.17, 15) is 19.5 Å². The van der Waals surface area contributed by atoms with Crippen molar-refractivity contribution in [3.8, 4) is 11.1 Å². The van der Waals surface area contributed by atoms with Crippen LogP contribution in [0.25, 0.3) is 11.1 Å². The van der Waals surface area contributed by atoms with Crippen molar-refractivity contribution in [2.24, 2.45) is 17.8 Å². The minimum Gasteiger partial charge on any atom is -0.481 e. The molecule has 3 aliphatic rings. The van der Waals surface area contributed by atoms with Gasteiger partial charge in [-0.2, -0.15) is 0 Å². The van der Waals surface area contributed by atoms with Crippen LogP contribution in [0.15, 0.2) is 48.5 Å². The number of hydrogen-bond donors (Lipinski definition) is 3. The molecule has 2 aromatic rings. The van der Waals surface area contributed by atoms with Crippen LogP contribution >= 0.6 is 0 Å². The summed E-state index contributed by atoms with van der Waals surface area (Å²) in [5.74, 6) is 0.189. The zero-order valence-corrected chi connectivity index (χ0v) is 19.0. The van der Waals surface area contributed by atoms with E-state index in [-0.39, 0.29) is 12.5 Å². The van der Waals surface area contributed by atoms with E-state index in [1.807, 2.05) is 36.4 Å². The van der Waals surface area contributed by atoms with E-state index in [0.717, 1.165) is 34.6 Å². The normalized spacial score (nSPS) is 23.1. The number of carbonyl (C=O) groups is 3. The first-order chi connectivity index (χ1) is 16.5. The first kappa shape index (κ1) is 22.4. The quantitative estimate of drug-likeness (QED) is 0.552. The molecule has 5 rings (SSSR count). The van der Waals surface area contributed by atoms with Gasteiger partial charge in [-0.05, 0) is 52.8 Å². The third-order valence-corrected chi connectivity index (χ3v) is 7.60. The summed E-state index contributed by atoms with van der Waals surface area (Å²) >= 11 is 0. The van der Waals surface area contributed by atoms with Gasteiger partial charge in [-0.1, -0.05) is 61.4 Å². The molecule has 2 amide bonds. The molecule has 7 heteroatoms. The second-order valence-corrected chi connectivity index (χ2v) is 9.72. The number of carboxylic acids is 1. The molecule has 2 aromatic carbocycles. The van der Waals surface area contributed by atoms with Gasteiger partial charge in [-0.15, -0.1) is 0 Å². The van der Waals surface area contributed by atoms with Gasteiger partial charge in [0.25, 0.3) is 0 Å². The Bertz CT molecular complexity index is 1050. The van der Waals surface area contributed by atoms with Crippen LogP contribution in [0.5, 0.6) is 0 Å². The van der Waals surface area contributed by atoms with Crippen molar-refractivity contribution >= 4 is 18.0 Å². The highest BCUT2D eigenvalue weighted by molar-refractivity contribution is 5.89. The van der Waals surface area contributed by atoms with Crippen molar-refractivity contribution in [3.05, 3.63) is 59.7 Å². The number of carbonyl (C=O) groups excluding carboxylic acids is 2. The van der Waals surface area contributed by atoms with Crippen LogP contribution in [-0.2, 0) is 14.3 Å². The molecular formula is C27H30N2O5. The first-order valence-electron chi connectivity index (χ1n) is 12.1. The Hall–Kier alpha value is -3.35. The number of benzene rings is 2. The molecule has 0 heterocycles.